The predicted molar refractivity (Wildman–Crippen MR) is 186 cm³/mol. The molecule has 0 unspecified atom stereocenters. The number of ether oxygens (including phenoxy) is 3. The fraction of sp³-hybridized carbons (Fsp3) is 0.568. The van der Waals surface area contributed by atoms with Crippen LogP contribution in [0.1, 0.15) is 59.8 Å². The first-order valence-corrected chi connectivity index (χ1v) is 16.8. The van der Waals surface area contributed by atoms with Crippen LogP contribution in [-0.4, -0.2) is 97.9 Å². The number of Topliss-reactive ketones (excluding diaryl/α,β-unsaturated/α-hetero) is 1. The number of aliphatic hydroxyl groups excluding tert-OH is 1. The highest BCUT2D eigenvalue weighted by Gasteiger charge is 2.34. The quantitative estimate of drug-likeness (QED) is 0.178. The third-order valence-corrected chi connectivity index (χ3v) is 9.30. The van der Waals surface area contributed by atoms with Crippen molar-refractivity contribution in [1.29, 1.82) is 0 Å². The summed E-state index contributed by atoms with van der Waals surface area (Å²) in [6.07, 6.45) is 11.6. The van der Waals surface area contributed by atoms with Gasteiger partial charge in [0.2, 0.25) is 11.6 Å². The minimum absolute atomic E-state index is 0.0159. The van der Waals surface area contributed by atoms with Crippen LogP contribution in [0.25, 0.3) is 0 Å². The van der Waals surface area contributed by atoms with E-state index in [1.165, 1.54) is 26.4 Å². The maximum Gasteiger partial charge on any atom is 0.405 e. The second-order valence-electron chi connectivity index (χ2n) is 13.1. The molecule has 1 fully saturated rings. The van der Waals surface area contributed by atoms with Gasteiger partial charge in [-0.1, -0.05) is 38.2 Å². The molecule has 0 saturated carbocycles. The molecule has 3 rings (SSSR count). The highest BCUT2D eigenvalue weighted by molar-refractivity contribution is 6.23. The SMILES string of the molecule is C#CCCN1CCC(NC2=C3C[C@@H](C)C[C@H](OC)[C@H](O)[C@@H](C)/C=C(\C)[C@H](OC(N)=O)[C@@H](OC)/C=C\C=C(/C)C(=O)NC(=CC2=O)C3=O)CC1. The molecule has 0 aromatic rings. The van der Waals surface area contributed by atoms with Gasteiger partial charge in [0.05, 0.1) is 23.6 Å². The largest absolute Gasteiger partial charge is 0.439 e. The van der Waals surface area contributed by atoms with Crippen molar-refractivity contribution in [2.75, 3.05) is 33.9 Å². The lowest BCUT2D eigenvalue weighted by Crippen LogP contribution is -2.45. The maximum atomic E-state index is 14.0. The van der Waals surface area contributed by atoms with Gasteiger partial charge in [0.15, 0.2) is 6.10 Å². The Hall–Kier alpha value is -4.02. The number of aliphatic hydroxyl groups is 1. The molecular formula is C37H52N4O8. The van der Waals surface area contributed by atoms with Gasteiger partial charge < -0.3 is 40.6 Å². The molecule has 3 aliphatic rings. The first kappa shape index (κ1) is 39.4. The number of nitrogens with zero attached hydrogens (tertiary/aromatic N) is 1. The number of hydrogen-bond acceptors (Lipinski definition) is 10. The summed E-state index contributed by atoms with van der Waals surface area (Å²) in [6, 6.07) is -0.0159. The van der Waals surface area contributed by atoms with Crippen LogP contribution >= 0.6 is 0 Å². The second-order valence-corrected chi connectivity index (χ2v) is 13.1. The molecule has 12 heteroatoms. The molecule has 6 atom stereocenters. The molecule has 1 aliphatic carbocycles. The van der Waals surface area contributed by atoms with Gasteiger partial charge in [-0.25, -0.2) is 4.79 Å². The van der Waals surface area contributed by atoms with E-state index < -0.39 is 48.1 Å². The number of primary amides is 1. The Labute approximate surface area is 289 Å². The number of nitrogens with two attached hydrogens (primary N) is 1. The van der Waals surface area contributed by atoms with Crippen LogP contribution in [0.15, 0.2) is 58.5 Å². The Morgan fingerprint density at radius 1 is 1.16 bits per heavy atom. The summed E-state index contributed by atoms with van der Waals surface area (Å²) in [7, 11) is 2.95. The number of hydrogen-bond donors (Lipinski definition) is 4. The number of terminal acetylenes is 1. The normalized spacial score (nSPS) is 31.4. The van der Waals surface area contributed by atoms with Crippen molar-refractivity contribution in [2.45, 2.75) is 90.3 Å². The van der Waals surface area contributed by atoms with Gasteiger partial charge in [0.1, 0.15) is 6.10 Å². The molecule has 2 amide bonds. The van der Waals surface area contributed by atoms with Crippen LogP contribution in [0, 0.1) is 24.2 Å². The molecule has 2 bridgehead atoms. The topological polar surface area (TPSA) is 170 Å². The van der Waals surface area contributed by atoms with Crippen LogP contribution in [0.2, 0.25) is 0 Å². The maximum absolute atomic E-state index is 14.0. The van der Waals surface area contributed by atoms with Crippen molar-refractivity contribution in [1.82, 2.24) is 15.5 Å². The van der Waals surface area contributed by atoms with Gasteiger partial charge in [-0.05, 0) is 51.0 Å². The summed E-state index contributed by atoms with van der Waals surface area (Å²) in [5, 5.41) is 17.4. The van der Waals surface area contributed by atoms with Crippen molar-refractivity contribution in [3.05, 3.63) is 58.5 Å². The lowest BCUT2D eigenvalue weighted by atomic mass is 9.84. The summed E-state index contributed by atoms with van der Waals surface area (Å²) in [5.41, 5.74) is 6.64. The van der Waals surface area contributed by atoms with E-state index in [-0.39, 0.29) is 46.7 Å². The third kappa shape index (κ3) is 11.0. The first-order chi connectivity index (χ1) is 23.3. The highest BCUT2D eigenvalue weighted by Crippen LogP contribution is 2.29. The number of nitrogens with one attached hydrogen (secondary N) is 2. The van der Waals surface area contributed by atoms with Crippen molar-refractivity contribution in [3.8, 4) is 12.3 Å². The highest BCUT2D eigenvalue weighted by atomic mass is 16.6. The number of methoxy groups -OCH3 is 2. The molecule has 268 valence electrons. The molecule has 2 aliphatic heterocycles. The van der Waals surface area contributed by atoms with Crippen molar-refractivity contribution < 1.29 is 38.5 Å². The smallest absolute Gasteiger partial charge is 0.405 e. The second kappa shape index (κ2) is 18.7. The fourth-order valence-electron chi connectivity index (χ4n) is 6.47. The molecule has 0 aromatic heterocycles. The number of carbonyl (C=O) groups excluding carboxylic acids is 4. The Kier molecular flexibility index (Phi) is 15.0. The number of fused-ring (bicyclic) bond motifs is 2. The summed E-state index contributed by atoms with van der Waals surface area (Å²) < 4.78 is 16.7. The molecule has 0 aromatic carbocycles. The summed E-state index contributed by atoms with van der Waals surface area (Å²) in [5.74, 6) is 0.620. The minimum atomic E-state index is -0.998. The predicted octanol–water partition coefficient (Wildman–Crippen LogP) is 2.84. The fourth-order valence-corrected chi connectivity index (χ4v) is 6.47. The van der Waals surface area contributed by atoms with Gasteiger partial charge in [0, 0.05) is 69.5 Å². The number of piperidine rings is 1. The molecule has 0 spiro atoms. The van der Waals surface area contributed by atoms with E-state index in [1.54, 1.807) is 32.1 Å². The Bertz CT molecular complexity index is 1430. The average molecular weight is 681 g/mol. The third-order valence-electron chi connectivity index (χ3n) is 9.30. The monoisotopic (exact) mass is 680 g/mol. The average Bonchev–Trinajstić information content (AvgIpc) is 3.07. The van der Waals surface area contributed by atoms with Crippen LogP contribution < -0.4 is 16.4 Å². The van der Waals surface area contributed by atoms with Gasteiger partial charge >= 0.3 is 6.09 Å². The van der Waals surface area contributed by atoms with Crippen LogP contribution in [0.4, 0.5) is 4.79 Å². The van der Waals surface area contributed by atoms with E-state index >= 15 is 0 Å². The minimum Gasteiger partial charge on any atom is -0.439 e. The number of ketones is 2. The van der Waals surface area contributed by atoms with Crippen molar-refractivity contribution >= 4 is 23.6 Å². The zero-order chi connectivity index (χ0) is 36.2. The number of amides is 2. The standard InChI is InChI=1S/C37H52N4O8/c1-8-9-15-41-16-13-26(14-17-41)39-32-27-18-22(2)19-31(48-7)33(43)24(4)20-25(5)35(49-37(38)46)30(47-6)12-10-11-23(3)36(45)40-28(34(27)44)21-29(32)42/h1,10-12,20-22,24,26,30-31,33,35,39,43H,9,13-19H2,2-7H3,(H2,38,46)(H,40,45)/b12-10-,23-11+,25-20+/t22-,24+,30+,31+,33-,35+/m1/s1. The van der Waals surface area contributed by atoms with E-state index in [1.807, 2.05) is 13.8 Å². The van der Waals surface area contributed by atoms with E-state index in [9.17, 15) is 24.3 Å². The van der Waals surface area contributed by atoms with Crippen LogP contribution in [-0.2, 0) is 28.6 Å². The number of likely N-dealkylation sites (tertiary alicyclic amines) is 1. The Balaban J connectivity index is 2.01. The molecule has 5 N–H and O–H groups in total. The number of carbonyl (C=O) groups is 4. The summed E-state index contributed by atoms with van der Waals surface area (Å²) >= 11 is 0. The lowest BCUT2D eigenvalue weighted by molar-refractivity contribution is -0.120. The van der Waals surface area contributed by atoms with E-state index in [2.05, 4.69) is 21.5 Å². The van der Waals surface area contributed by atoms with Crippen molar-refractivity contribution in [3.63, 3.8) is 0 Å². The van der Waals surface area contributed by atoms with Gasteiger partial charge in [-0.2, -0.15) is 0 Å². The molecule has 49 heavy (non-hydrogen) atoms. The molecular weight excluding hydrogens is 628 g/mol. The van der Waals surface area contributed by atoms with E-state index in [0.29, 0.717) is 18.4 Å². The number of allylic oxidation sites excluding steroid dienone is 4. The zero-order valence-electron chi connectivity index (χ0n) is 29.5. The number of rotatable bonds is 7. The van der Waals surface area contributed by atoms with Gasteiger partial charge in [-0.3, -0.25) is 14.4 Å². The first-order valence-electron chi connectivity index (χ1n) is 16.8. The van der Waals surface area contributed by atoms with E-state index in [0.717, 1.165) is 32.5 Å². The van der Waals surface area contributed by atoms with Crippen LogP contribution in [0.5, 0.6) is 0 Å². The Morgan fingerprint density at radius 2 is 1.86 bits per heavy atom. The Morgan fingerprint density at radius 3 is 2.47 bits per heavy atom. The van der Waals surface area contributed by atoms with Crippen LogP contribution in [0.3, 0.4) is 0 Å². The molecule has 12 nitrogen and oxygen atoms in total. The van der Waals surface area contributed by atoms with Gasteiger partial charge in [0.25, 0.3) is 5.91 Å². The molecule has 1 saturated heterocycles. The zero-order valence-corrected chi connectivity index (χ0v) is 29.5. The summed E-state index contributed by atoms with van der Waals surface area (Å²) in [4.78, 5) is 54.9. The van der Waals surface area contributed by atoms with Crippen molar-refractivity contribution in [2.24, 2.45) is 17.6 Å². The van der Waals surface area contributed by atoms with Gasteiger partial charge in [-0.15, -0.1) is 12.3 Å². The van der Waals surface area contributed by atoms with E-state index in [4.69, 9.17) is 26.4 Å². The lowest BCUT2D eigenvalue weighted by Gasteiger charge is -2.34. The molecule has 2 heterocycles. The molecule has 0 radical (unpaired) electrons. The summed E-state index contributed by atoms with van der Waals surface area (Å²) in [6.45, 7) is 9.51.